The molecule has 0 aliphatic carbocycles. The maximum atomic E-state index is 12.2. The van der Waals surface area contributed by atoms with Crippen molar-refractivity contribution in [2.24, 2.45) is 0 Å². The van der Waals surface area contributed by atoms with Crippen molar-refractivity contribution in [1.82, 2.24) is 4.90 Å². The number of benzene rings is 1. The quantitative estimate of drug-likeness (QED) is 0.794. The summed E-state index contributed by atoms with van der Waals surface area (Å²) in [4.78, 5) is 14.0. The third-order valence-electron chi connectivity index (χ3n) is 4.48. The van der Waals surface area contributed by atoms with Gasteiger partial charge in [-0.05, 0) is 39.2 Å². The number of carbonyl (C=O) groups excluding carboxylic acids is 1. The predicted octanol–water partition coefficient (Wildman–Crippen LogP) is 3.59. The molecule has 0 radical (unpaired) electrons. The highest BCUT2D eigenvalue weighted by Gasteiger charge is 2.47. The zero-order valence-corrected chi connectivity index (χ0v) is 14.3. The van der Waals surface area contributed by atoms with Crippen LogP contribution in [0, 0.1) is 0 Å². The maximum Gasteiger partial charge on any atom is 0.410 e. The molecule has 0 N–H and O–H groups in total. The Labute approximate surface area is 137 Å². The summed E-state index contributed by atoms with van der Waals surface area (Å²) in [6, 6.07) is 8.20. The molecule has 126 valence electrons. The molecule has 2 heterocycles. The fourth-order valence-electron chi connectivity index (χ4n) is 3.39. The number of hydrogen-bond acceptors (Lipinski definition) is 4. The molecule has 1 saturated heterocycles. The van der Waals surface area contributed by atoms with Crippen molar-refractivity contribution in [3.63, 3.8) is 0 Å². The Morgan fingerprint density at radius 3 is 2.52 bits per heavy atom. The first-order chi connectivity index (χ1) is 10.8. The highest BCUT2D eigenvalue weighted by atomic mass is 16.7. The molecular weight excluding hydrogens is 294 g/mol. The van der Waals surface area contributed by atoms with Crippen molar-refractivity contribution in [1.29, 1.82) is 0 Å². The number of piperidine rings is 1. The van der Waals surface area contributed by atoms with Crippen LogP contribution in [0.4, 0.5) is 4.79 Å². The van der Waals surface area contributed by atoms with Crippen LogP contribution >= 0.6 is 0 Å². The Morgan fingerprint density at radius 2 is 1.91 bits per heavy atom. The van der Waals surface area contributed by atoms with E-state index < -0.39 is 5.60 Å². The smallest absolute Gasteiger partial charge is 0.410 e. The lowest BCUT2D eigenvalue weighted by Gasteiger charge is -2.39. The zero-order chi connectivity index (χ0) is 16.7. The van der Waals surface area contributed by atoms with Gasteiger partial charge in [0.05, 0.1) is 0 Å². The summed E-state index contributed by atoms with van der Waals surface area (Å²) in [5.41, 5.74) is 1.47. The van der Waals surface area contributed by atoms with Crippen molar-refractivity contribution in [2.45, 2.75) is 51.1 Å². The molecule has 2 aliphatic rings. The van der Waals surface area contributed by atoms with Crippen LogP contribution in [0.5, 0.6) is 0 Å². The van der Waals surface area contributed by atoms with Gasteiger partial charge in [-0.15, -0.1) is 0 Å². The predicted molar refractivity (Wildman–Crippen MR) is 86.0 cm³/mol. The fourth-order valence-corrected chi connectivity index (χ4v) is 3.39. The fraction of sp³-hybridized carbons (Fsp3) is 0.611. The van der Waals surface area contributed by atoms with Crippen LogP contribution in [0.25, 0.3) is 0 Å². The number of hydrogen-bond donors (Lipinski definition) is 0. The normalized spacial score (nSPS) is 23.0. The maximum absolute atomic E-state index is 12.2. The second-order valence-corrected chi connectivity index (χ2v) is 7.23. The van der Waals surface area contributed by atoms with Crippen molar-refractivity contribution in [2.75, 3.05) is 20.2 Å². The second kappa shape index (κ2) is 5.80. The summed E-state index contributed by atoms with van der Waals surface area (Å²) in [7, 11) is 1.66. The van der Waals surface area contributed by atoms with Gasteiger partial charge < -0.3 is 19.1 Å². The van der Waals surface area contributed by atoms with Gasteiger partial charge in [-0.2, -0.15) is 0 Å². The van der Waals surface area contributed by atoms with Gasteiger partial charge in [-0.1, -0.05) is 24.3 Å². The minimum absolute atomic E-state index is 0.248. The summed E-state index contributed by atoms with van der Waals surface area (Å²) in [6.45, 7) is 6.90. The van der Waals surface area contributed by atoms with Crippen molar-refractivity contribution < 1.29 is 19.0 Å². The van der Waals surface area contributed by atoms with Gasteiger partial charge in [0.1, 0.15) is 11.2 Å². The first-order valence-corrected chi connectivity index (χ1v) is 8.13. The summed E-state index contributed by atoms with van der Waals surface area (Å²) in [5.74, 6) is 0. The summed E-state index contributed by atoms with van der Waals surface area (Å²) in [6.07, 6.45) is 0.938. The lowest BCUT2D eigenvalue weighted by atomic mass is 9.84. The largest absolute Gasteiger partial charge is 0.444 e. The van der Waals surface area contributed by atoms with Crippen molar-refractivity contribution in [3.8, 4) is 0 Å². The molecule has 1 aromatic rings. The van der Waals surface area contributed by atoms with Gasteiger partial charge >= 0.3 is 6.09 Å². The third-order valence-corrected chi connectivity index (χ3v) is 4.48. The second-order valence-electron chi connectivity index (χ2n) is 7.23. The summed E-state index contributed by atoms with van der Waals surface area (Å²) < 4.78 is 17.2. The minimum Gasteiger partial charge on any atom is -0.444 e. The van der Waals surface area contributed by atoms with E-state index >= 15 is 0 Å². The van der Waals surface area contributed by atoms with E-state index in [0.717, 1.165) is 18.4 Å². The number of amides is 1. The molecule has 1 unspecified atom stereocenters. The molecule has 1 amide bonds. The van der Waals surface area contributed by atoms with E-state index in [1.54, 1.807) is 12.0 Å². The molecule has 1 fully saturated rings. The van der Waals surface area contributed by atoms with Crippen molar-refractivity contribution >= 4 is 6.09 Å². The van der Waals surface area contributed by atoms with Crippen molar-refractivity contribution in [3.05, 3.63) is 35.4 Å². The molecule has 1 aromatic carbocycles. The Bertz CT molecular complexity index is 585. The number of fused-ring (bicyclic) bond motifs is 2. The highest BCUT2D eigenvalue weighted by Crippen LogP contribution is 2.49. The van der Waals surface area contributed by atoms with E-state index in [-0.39, 0.29) is 18.0 Å². The Hall–Kier alpha value is -1.59. The van der Waals surface area contributed by atoms with Gasteiger partial charge in [-0.25, -0.2) is 4.79 Å². The topological polar surface area (TPSA) is 48.0 Å². The van der Waals surface area contributed by atoms with Gasteiger partial charge in [-0.3, -0.25) is 0 Å². The Kier molecular flexibility index (Phi) is 4.10. The lowest BCUT2D eigenvalue weighted by Crippen LogP contribution is -2.46. The first-order valence-electron chi connectivity index (χ1n) is 8.13. The molecule has 23 heavy (non-hydrogen) atoms. The van der Waals surface area contributed by atoms with E-state index in [1.807, 2.05) is 32.9 Å². The van der Waals surface area contributed by atoms with Crippen LogP contribution in [0.3, 0.4) is 0 Å². The number of nitrogens with zero attached hydrogens (tertiary/aromatic N) is 1. The number of rotatable bonds is 1. The van der Waals surface area contributed by atoms with Gasteiger partial charge in [0.15, 0.2) is 6.29 Å². The molecule has 5 heteroatoms. The van der Waals surface area contributed by atoms with E-state index in [1.165, 1.54) is 5.56 Å². The number of likely N-dealkylation sites (tertiary alicyclic amines) is 1. The lowest BCUT2D eigenvalue weighted by molar-refractivity contribution is -0.201. The van der Waals surface area contributed by atoms with Gasteiger partial charge in [0, 0.05) is 25.8 Å². The molecule has 2 aliphatic heterocycles. The van der Waals surface area contributed by atoms with Crippen LogP contribution in [0.1, 0.15) is 51.0 Å². The van der Waals surface area contributed by atoms with Crippen LogP contribution in [-0.2, 0) is 19.8 Å². The zero-order valence-electron chi connectivity index (χ0n) is 14.3. The third kappa shape index (κ3) is 3.08. The highest BCUT2D eigenvalue weighted by molar-refractivity contribution is 5.68. The summed E-state index contributed by atoms with van der Waals surface area (Å²) >= 11 is 0. The number of carbonyl (C=O) groups is 1. The minimum atomic E-state index is -0.468. The number of methoxy groups -OCH3 is 1. The van der Waals surface area contributed by atoms with E-state index in [0.29, 0.717) is 13.1 Å². The van der Waals surface area contributed by atoms with Crippen LogP contribution in [0.2, 0.25) is 0 Å². The van der Waals surface area contributed by atoms with Crippen LogP contribution in [0.15, 0.2) is 24.3 Å². The van der Waals surface area contributed by atoms with E-state index in [9.17, 15) is 4.79 Å². The molecule has 1 atom stereocenters. The molecule has 0 aromatic heterocycles. The molecule has 3 rings (SSSR count). The van der Waals surface area contributed by atoms with E-state index in [4.69, 9.17) is 14.2 Å². The van der Waals surface area contributed by atoms with E-state index in [2.05, 4.69) is 12.1 Å². The van der Waals surface area contributed by atoms with Crippen LogP contribution in [-0.4, -0.2) is 36.8 Å². The Balaban J connectivity index is 1.73. The molecule has 1 spiro atoms. The molecule has 5 nitrogen and oxygen atoms in total. The Morgan fingerprint density at radius 1 is 1.26 bits per heavy atom. The van der Waals surface area contributed by atoms with Gasteiger partial charge in [0.2, 0.25) is 0 Å². The average Bonchev–Trinajstić information content (AvgIpc) is 2.81. The summed E-state index contributed by atoms with van der Waals surface area (Å²) in [5, 5.41) is 0. The SMILES string of the molecule is COC1OC2(CCN(C(=O)OC(C)(C)C)CC2)c2ccccc21. The monoisotopic (exact) mass is 319 g/mol. The number of ether oxygens (including phenoxy) is 3. The molecular formula is C18H25NO4. The molecule has 0 bridgehead atoms. The average molecular weight is 319 g/mol. The standard InChI is InChI=1S/C18H25NO4/c1-17(2,3)23-16(20)19-11-9-18(10-12-19)14-8-6-5-7-13(14)15(21-4)22-18/h5-8,15H,9-12H2,1-4H3. The van der Waals surface area contributed by atoms with Gasteiger partial charge in [0.25, 0.3) is 0 Å². The first kappa shape index (κ1) is 16.3. The van der Waals surface area contributed by atoms with Crippen LogP contribution < -0.4 is 0 Å². The molecule has 0 saturated carbocycles.